The summed E-state index contributed by atoms with van der Waals surface area (Å²) in [5, 5.41) is 5.94. The lowest BCUT2D eigenvalue weighted by Gasteiger charge is -2.30. The standard InChI is InChI=1S/C26H37N7O2/c1-17(32-15-20-21(16-32)23(20)26(2,3)27)14-18-4-6-19(7-5-18)33-11-8-22(30-25(33)35)29-24(34)31-12-9-28-10-13-31/h4-8,11,17,20-21,23,28H,9-10,12-16,27H2,1-3H3,(H,29,30,34,35)/t17?,20-,21+,23+. The van der Waals surface area contributed by atoms with Gasteiger partial charge in [-0.3, -0.25) is 14.8 Å². The lowest BCUT2D eigenvalue weighted by Crippen LogP contribution is -2.48. The van der Waals surface area contributed by atoms with E-state index in [1.165, 1.54) is 10.1 Å². The van der Waals surface area contributed by atoms with Crippen LogP contribution in [0.25, 0.3) is 5.69 Å². The number of rotatable bonds is 6. The molecule has 3 fully saturated rings. The Hall–Kier alpha value is -2.75. The van der Waals surface area contributed by atoms with Gasteiger partial charge >= 0.3 is 11.7 Å². The first-order valence-electron chi connectivity index (χ1n) is 12.7. The largest absolute Gasteiger partial charge is 0.354 e. The topological polar surface area (TPSA) is 109 Å². The van der Waals surface area contributed by atoms with Crippen molar-refractivity contribution < 1.29 is 4.79 Å². The number of nitrogens with one attached hydrogen (secondary N) is 2. The van der Waals surface area contributed by atoms with Crippen LogP contribution < -0.4 is 22.1 Å². The number of carbonyl (C=O) groups excluding carboxylic acids is 1. The maximum atomic E-state index is 12.6. The van der Waals surface area contributed by atoms with Crippen LogP contribution in [0.5, 0.6) is 0 Å². The van der Waals surface area contributed by atoms with Gasteiger partial charge in [-0.1, -0.05) is 12.1 Å². The molecule has 1 aliphatic carbocycles. The highest BCUT2D eigenvalue weighted by molar-refractivity contribution is 5.88. The molecule has 0 bridgehead atoms. The van der Waals surface area contributed by atoms with Crippen molar-refractivity contribution in [2.45, 2.75) is 38.8 Å². The number of urea groups is 1. The fourth-order valence-electron chi connectivity index (χ4n) is 6.01. The minimum absolute atomic E-state index is 0.0672. The fraction of sp³-hybridized carbons (Fsp3) is 0.577. The summed E-state index contributed by atoms with van der Waals surface area (Å²) in [6.07, 6.45) is 2.63. The van der Waals surface area contributed by atoms with Crippen LogP contribution >= 0.6 is 0 Å². The van der Waals surface area contributed by atoms with E-state index in [0.29, 0.717) is 25.0 Å². The van der Waals surface area contributed by atoms with E-state index in [2.05, 4.69) is 53.4 Å². The predicted octanol–water partition coefficient (Wildman–Crippen LogP) is 1.52. The molecular formula is C26H37N7O2. The maximum absolute atomic E-state index is 12.6. The first-order valence-corrected chi connectivity index (χ1v) is 12.7. The summed E-state index contributed by atoms with van der Waals surface area (Å²) in [5.74, 6) is 2.44. The SMILES string of the molecule is CC(Cc1ccc(-n2ccc(NC(=O)N3CCNCC3)nc2=O)cc1)N1C[C@@H]2[C@H](C1)[C@H]2C(C)(C)N. The Morgan fingerprint density at radius 2 is 1.83 bits per heavy atom. The summed E-state index contributed by atoms with van der Waals surface area (Å²) in [6, 6.07) is 9.98. The van der Waals surface area contributed by atoms with Crippen LogP contribution in [0.1, 0.15) is 26.3 Å². The Bertz CT molecular complexity index is 1110. The second kappa shape index (κ2) is 9.37. The Kier molecular flexibility index (Phi) is 6.41. The average Bonchev–Trinajstić information content (AvgIpc) is 3.37. The molecule has 4 N–H and O–H groups in total. The molecule has 2 amide bonds. The van der Waals surface area contributed by atoms with Gasteiger partial charge in [0, 0.05) is 57.0 Å². The molecule has 2 saturated heterocycles. The Morgan fingerprint density at radius 3 is 2.43 bits per heavy atom. The molecule has 0 radical (unpaired) electrons. The van der Waals surface area contributed by atoms with E-state index in [4.69, 9.17) is 5.73 Å². The molecule has 9 nitrogen and oxygen atoms in total. The van der Waals surface area contributed by atoms with Crippen molar-refractivity contribution in [2.24, 2.45) is 23.5 Å². The quantitative estimate of drug-likeness (QED) is 0.580. The zero-order chi connectivity index (χ0) is 24.7. The number of piperazine rings is 1. The van der Waals surface area contributed by atoms with Gasteiger partial charge in [0.05, 0.1) is 5.69 Å². The smallest absolute Gasteiger partial charge is 0.325 e. The van der Waals surface area contributed by atoms with Crippen molar-refractivity contribution in [2.75, 3.05) is 44.6 Å². The summed E-state index contributed by atoms with van der Waals surface area (Å²) < 4.78 is 1.50. The van der Waals surface area contributed by atoms with Crippen molar-refractivity contribution >= 4 is 11.8 Å². The third kappa shape index (κ3) is 5.12. The van der Waals surface area contributed by atoms with Gasteiger partial charge in [0.15, 0.2) is 0 Å². The van der Waals surface area contributed by atoms with Gasteiger partial charge in [0.25, 0.3) is 0 Å². The van der Waals surface area contributed by atoms with Gasteiger partial charge < -0.3 is 16.0 Å². The molecular weight excluding hydrogens is 442 g/mol. The summed E-state index contributed by atoms with van der Waals surface area (Å²) in [7, 11) is 0. The molecule has 4 atom stereocenters. The van der Waals surface area contributed by atoms with E-state index in [1.807, 2.05) is 12.1 Å². The highest BCUT2D eigenvalue weighted by atomic mass is 16.2. The van der Waals surface area contributed by atoms with E-state index < -0.39 is 5.69 Å². The average molecular weight is 480 g/mol. The minimum atomic E-state index is -0.419. The van der Waals surface area contributed by atoms with E-state index in [1.54, 1.807) is 17.2 Å². The number of anilines is 1. The van der Waals surface area contributed by atoms with Crippen LogP contribution in [0.3, 0.4) is 0 Å². The molecule has 3 heterocycles. The lowest BCUT2D eigenvalue weighted by atomic mass is 9.95. The number of nitrogens with two attached hydrogens (primary N) is 1. The van der Waals surface area contributed by atoms with Crippen molar-refractivity contribution in [3.05, 3.63) is 52.6 Å². The van der Waals surface area contributed by atoms with Crippen LogP contribution in [0.2, 0.25) is 0 Å². The first kappa shape index (κ1) is 24.0. The number of fused-ring (bicyclic) bond motifs is 1. The molecule has 35 heavy (non-hydrogen) atoms. The third-order valence-corrected chi connectivity index (χ3v) is 7.89. The molecule has 9 heteroatoms. The van der Waals surface area contributed by atoms with Gasteiger partial charge in [-0.2, -0.15) is 4.98 Å². The first-order chi connectivity index (χ1) is 16.7. The summed E-state index contributed by atoms with van der Waals surface area (Å²) in [6.45, 7) is 11.7. The number of likely N-dealkylation sites (tertiary alicyclic amines) is 1. The third-order valence-electron chi connectivity index (χ3n) is 7.89. The van der Waals surface area contributed by atoms with E-state index in [-0.39, 0.29) is 17.4 Å². The highest BCUT2D eigenvalue weighted by Gasteiger charge is 2.60. The highest BCUT2D eigenvalue weighted by Crippen LogP contribution is 2.56. The van der Waals surface area contributed by atoms with Crippen LogP contribution in [-0.4, -0.2) is 76.2 Å². The van der Waals surface area contributed by atoms with Crippen molar-refractivity contribution in [1.82, 2.24) is 24.7 Å². The second-order valence-electron chi connectivity index (χ2n) is 11.0. The zero-order valence-electron chi connectivity index (χ0n) is 20.9. The van der Waals surface area contributed by atoms with Crippen LogP contribution in [0, 0.1) is 17.8 Å². The number of hydrogen-bond acceptors (Lipinski definition) is 6. The van der Waals surface area contributed by atoms with Gasteiger partial charge in [-0.25, -0.2) is 9.59 Å². The summed E-state index contributed by atoms with van der Waals surface area (Å²) in [4.78, 5) is 33.4. The zero-order valence-corrected chi connectivity index (χ0v) is 20.9. The summed E-state index contributed by atoms with van der Waals surface area (Å²) >= 11 is 0. The number of hydrogen-bond donors (Lipinski definition) is 3. The lowest BCUT2D eigenvalue weighted by molar-refractivity contribution is 0.202. The number of carbonyl (C=O) groups is 1. The molecule has 0 spiro atoms. The summed E-state index contributed by atoms with van der Waals surface area (Å²) in [5.41, 5.74) is 7.86. The Morgan fingerprint density at radius 1 is 1.17 bits per heavy atom. The van der Waals surface area contributed by atoms with Crippen LogP contribution in [0.4, 0.5) is 10.6 Å². The maximum Gasteiger partial charge on any atom is 0.354 e. The van der Waals surface area contributed by atoms with Crippen molar-refractivity contribution in [1.29, 1.82) is 0 Å². The van der Waals surface area contributed by atoms with Crippen molar-refractivity contribution in [3.63, 3.8) is 0 Å². The molecule has 2 aromatic rings. The molecule has 3 aliphatic rings. The molecule has 1 saturated carbocycles. The fourth-order valence-corrected chi connectivity index (χ4v) is 6.01. The monoisotopic (exact) mass is 479 g/mol. The number of benzene rings is 1. The molecule has 1 aromatic carbocycles. The second-order valence-corrected chi connectivity index (χ2v) is 11.0. The predicted molar refractivity (Wildman–Crippen MR) is 137 cm³/mol. The normalized spacial score (nSPS) is 25.3. The van der Waals surface area contributed by atoms with Crippen LogP contribution in [0.15, 0.2) is 41.3 Å². The van der Waals surface area contributed by atoms with Crippen molar-refractivity contribution in [3.8, 4) is 5.69 Å². The number of nitrogens with zero attached hydrogens (tertiary/aromatic N) is 4. The van der Waals surface area contributed by atoms with Gasteiger partial charge in [-0.05, 0) is 68.7 Å². The minimum Gasteiger partial charge on any atom is -0.325 e. The van der Waals surface area contributed by atoms with E-state index in [0.717, 1.165) is 50.1 Å². The number of aromatic nitrogens is 2. The molecule has 5 rings (SSSR count). The number of piperidine rings is 1. The molecule has 1 aromatic heterocycles. The number of amides is 2. The van der Waals surface area contributed by atoms with Gasteiger partial charge in [0.1, 0.15) is 5.82 Å². The Balaban J connectivity index is 1.17. The van der Waals surface area contributed by atoms with Gasteiger partial charge in [0.2, 0.25) is 0 Å². The Labute approximate surface area is 206 Å². The molecule has 2 aliphatic heterocycles. The van der Waals surface area contributed by atoms with Gasteiger partial charge in [-0.15, -0.1) is 0 Å². The molecule has 188 valence electrons. The molecule has 1 unspecified atom stereocenters. The van der Waals surface area contributed by atoms with E-state index >= 15 is 0 Å². The van der Waals surface area contributed by atoms with E-state index in [9.17, 15) is 9.59 Å². The van der Waals surface area contributed by atoms with Crippen LogP contribution in [-0.2, 0) is 6.42 Å².